The van der Waals surface area contributed by atoms with Gasteiger partial charge in [0.1, 0.15) is 5.75 Å². The summed E-state index contributed by atoms with van der Waals surface area (Å²) in [4.78, 5) is 11.9. The molecule has 2 rings (SSSR count). The van der Waals surface area contributed by atoms with Gasteiger partial charge in [-0.3, -0.25) is 4.79 Å². The number of rotatable bonds is 5. The van der Waals surface area contributed by atoms with Crippen LogP contribution in [0, 0.1) is 6.92 Å². The number of carbonyl (C=O) groups excluding carboxylic acids is 1. The molecular weight excluding hydrogens is 254 g/mol. The standard InChI is InChI=1S/C16H23NO3/c1-12-11-13(7-8-15(12)18)16(19)17-9-10-20-14-5-3-2-4-6-14/h7-8,11,14,18H,2-6,9-10H2,1H3,(H,17,19). The van der Waals surface area contributed by atoms with Gasteiger partial charge in [0.25, 0.3) is 5.91 Å². The predicted octanol–water partition coefficient (Wildman–Crippen LogP) is 2.78. The molecule has 110 valence electrons. The predicted molar refractivity (Wildman–Crippen MR) is 78.0 cm³/mol. The van der Waals surface area contributed by atoms with Gasteiger partial charge in [-0.15, -0.1) is 0 Å². The van der Waals surface area contributed by atoms with Crippen LogP contribution < -0.4 is 5.32 Å². The fourth-order valence-electron chi connectivity index (χ4n) is 2.52. The zero-order valence-corrected chi connectivity index (χ0v) is 12.0. The molecule has 1 saturated carbocycles. The molecule has 1 aromatic rings. The lowest BCUT2D eigenvalue weighted by molar-refractivity contribution is 0.0299. The molecule has 0 saturated heterocycles. The van der Waals surface area contributed by atoms with Crippen LogP contribution in [0.1, 0.15) is 48.0 Å². The van der Waals surface area contributed by atoms with Crippen LogP contribution >= 0.6 is 0 Å². The maximum atomic E-state index is 11.9. The van der Waals surface area contributed by atoms with Gasteiger partial charge in [0.05, 0.1) is 12.7 Å². The Bertz CT molecular complexity index is 453. The molecule has 0 unspecified atom stereocenters. The highest BCUT2D eigenvalue weighted by Crippen LogP contribution is 2.20. The summed E-state index contributed by atoms with van der Waals surface area (Å²) in [5.41, 5.74) is 1.27. The first-order valence-electron chi connectivity index (χ1n) is 7.36. The van der Waals surface area contributed by atoms with Crippen molar-refractivity contribution in [2.75, 3.05) is 13.2 Å². The molecule has 2 N–H and O–H groups in total. The van der Waals surface area contributed by atoms with Gasteiger partial charge in [-0.1, -0.05) is 19.3 Å². The summed E-state index contributed by atoms with van der Waals surface area (Å²) in [6.45, 7) is 2.86. The van der Waals surface area contributed by atoms with Gasteiger partial charge in [0.2, 0.25) is 0 Å². The van der Waals surface area contributed by atoms with Gasteiger partial charge < -0.3 is 15.2 Å². The summed E-state index contributed by atoms with van der Waals surface area (Å²) in [6, 6.07) is 4.86. The second-order valence-corrected chi connectivity index (χ2v) is 5.39. The van der Waals surface area contributed by atoms with E-state index in [1.54, 1.807) is 25.1 Å². The first-order valence-corrected chi connectivity index (χ1v) is 7.36. The second kappa shape index (κ2) is 7.29. The summed E-state index contributed by atoms with van der Waals surface area (Å²) in [6.07, 6.45) is 6.48. The van der Waals surface area contributed by atoms with Crippen molar-refractivity contribution in [3.8, 4) is 5.75 Å². The normalized spacial score (nSPS) is 16.1. The van der Waals surface area contributed by atoms with Crippen molar-refractivity contribution < 1.29 is 14.6 Å². The van der Waals surface area contributed by atoms with E-state index in [0.717, 1.165) is 12.8 Å². The van der Waals surface area contributed by atoms with Crippen molar-refractivity contribution >= 4 is 5.91 Å². The minimum atomic E-state index is -0.125. The van der Waals surface area contributed by atoms with Crippen LogP contribution in [0.4, 0.5) is 0 Å². The zero-order valence-electron chi connectivity index (χ0n) is 12.0. The Morgan fingerprint density at radius 1 is 1.35 bits per heavy atom. The van der Waals surface area contributed by atoms with Gasteiger partial charge in [-0.05, 0) is 43.5 Å². The Hall–Kier alpha value is -1.55. The Kier molecular flexibility index (Phi) is 5.41. The molecular formula is C16H23NO3. The number of hydrogen-bond acceptors (Lipinski definition) is 3. The Morgan fingerprint density at radius 2 is 2.10 bits per heavy atom. The SMILES string of the molecule is Cc1cc(C(=O)NCCOC2CCCCC2)ccc1O. The number of phenols is 1. The summed E-state index contributed by atoms with van der Waals surface area (Å²) < 4.78 is 5.76. The average molecular weight is 277 g/mol. The number of aromatic hydroxyl groups is 1. The number of amides is 1. The fourth-order valence-corrected chi connectivity index (χ4v) is 2.52. The lowest BCUT2D eigenvalue weighted by Gasteiger charge is -2.22. The smallest absolute Gasteiger partial charge is 0.251 e. The molecule has 0 aliphatic heterocycles. The highest BCUT2D eigenvalue weighted by molar-refractivity contribution is 5.94. The highest BCUT2D eigenvalue weighted by Gasteiger charge is 2.13. The lowest BCUT2D eigenvalue weighted by Crippen LogP contribution is -2.29. The summed E-state index contributed by atoms with van der Waals surface area (Å²) in [5, 5.41) is 12.3. The van der Waals surface area contributed by atoms with Gasteiger partial charge in [0, 0.05) is 12.1 Å². The van der Waals surface area contributed by atoms with E-state index >= 15 is 0 Å². The monoisotopic (exact) mass is 277 g/mol. The quantitative estimate of drug-likeness (QED) is 0.814. The van der Waals surface area contributed by atoms with E-state index in [1.165, 1.54) is 19.3 Å². The van der Waals surface area contributed by atoms with Crippen molar-refractivity contribution in [3.63, 3.8) is 0 Å². The minimum Gasteiger partial charge on any atom is -0.508 e. The zero-order chi connectivity index (χ0) is 14.4. The van der Waals surface area contributed by atoms with Crippen molar-refractivity contribution in [3.05, 3.63) is 29.3 Å². The van der Waals surface area contributed by atoms with Crippen molar-refractivity contribution in [1.29, 1.82) is 0 Å². The topological polar surface area (TPSA) is 58.6 Å². The molecule has 0 atom stereocenters. The largest absolute Gasteiger partial charge is 0.508 e. The number of ether oxygens (including phenoxy) is 1. The number of aryl methyl sites for hydroxylation is 1. The van der Waals surface area contributed by atoms with Crippen LogP contribution in [0.3, 0.4) is 0 Å². The lowest BCUT2D eigenvalue weighted by atomic mass is 9.98. The van der Waals surface area contributed by atoms with Crippen LogP contribution in [-0.4, -0.2) is 30.3 Å². The van der Waals surface area contributed by atoms with E-state index in [0.29, 0.717) is 30.4 Å². The van der Waals surface area contributed by atoms with Gasteiger partial charge in [-0.25, -0.2) is 0 Å². The van der Waals surface area contributed by atoms with Crippen molar-refractivity contribution in [1.82, 2.24) is 5.32 Å². The van der Waals surface area contributed by atoms with Gasteiger partial charge in [0.15, 0.2) is 0 Å². The molecule has 1 aliphatic rings. The molecule has 4 nitrogen and oxygen atoms in total. The second-order valence-electron chi connectivity index (χ2n) is 5.39. The highest BCUT2D eigenvalue weighted by atomic mass is 16.5. The maximum Gasteiger partial charge on any atom is 0.251 e. The number of nitrogens with one attached hydrogen (secondary N) is 1. The first kappa shape index (κ1) is 14.9. The molecule has 1 amide bonds. The molecule has 0 spiro atoms. The number of benzene rings is 1. The third-order valence-corrected chi connectivity index (χ3v) is 3.75. The molecule has 1 fully saturated rings. The third kappa shape index (κ3) is 4.23. The summed E-state index contributed by atoms with van der Waals surface area (Å²) >= 11 is 0. The van der Waals surface area contributed by atoms with E-state index in [1.807, 2.05) is 0 Å². The van der Waals surface area contributed by atoms with Crippen LogP contribution in [0.25, 0.3) is 0 Å². The van der Waals surface area contributed by atoms with E-state index in [9.17, 15) is 9.90 Å². The van der Waals surface area contributed by atoms with E-state index in [4.69, 9.17) is 4.74 Å². The van der Waals surface area contributed by atoms with Crippen molar-refractivity contribution in [2.45, 2.75) is 45.1 Å². The number of hydrogen-bond donors (Lipinski definition) is 2. The van der Waals surface area contributed by atoms with Gasteiger partial charge in [-0.2, -0.15) is 0 Å². The summed E-state index contributed by atoms with van der Waals surface area (Å²) in [7, 11) is 0. The molecule has 1 aliphatic carbocycles. The molecule has 4 heteroatoms. The maximum absolute atomic E-state index is 11.9. The van der Waals surface area contributed by atoms with Crippen LogP contribution in [0.15, 0.2) is 18.2 Å². The first-order chi connectivity index (χ1) is 9.66. The molecule has 20 heavy (non-hydrogen) atoms. The Morgan fingerprint density at radius 3 is 2.80 bits per heavy atom. The molecule has 0 heterocycles. The molecule has 1 aromatic carbocycles. The number of phenolic OH excluding ortho intramolecular Hbond substituents is 1. The Labute approximate surface area is 120 Å². The average Bonchev–Trinajstić information content (AvgIpc) is 2.47. The van der Waals surface area contributed by atoms with Crippen LogP contribution in [0.5, 0.6) is 5.75 Å². The van der Waals surface area contributed by atoms with E-state index in [2.05, 4.69) is 5.32 Å². The molecule has 0 aromatic heterocycles. The Balaban J connectivity index is 1.70. The fraction of sp³-hybridized carbons (Fsp3) is 0.562. The van der Waals surface area contributed by atoms with Crippen LogP contribution in [-0.2, 0) is 4.74 Å². The molecule has 0 radical (unpaired) electrons. The minimum absolute atomic E-state index is 0.125. The van der Waals surface area contributed by atoms with Crippen LogP contribution in [0.2, 0.25) is 0 Å². The third-order valence-electron chi connectivity index (χ3n) is 3.75. The molecule has 0 bridgehead atoms. The van der Waals surface area contributed by atoms with Crippen molar-refractivity contribution in [2.24, 2.45) is 0 Å². The van der Waals surface area contributed by atoms with E-state index < -0.39 is 0 Å². The summed E-state index contributed by atoms with van der Waals surface area (Å²) in [5.74, 6) is 0.0857. The van der Waals surface area contributed by atoms with Gasteiger partial charge >= 0.3 is 0 Å². The number of carbonyl (C=O) groups is 1. The van der Waals surface area contributed by atoms with E-state index in [-0.39, 0.29) is 11.7 Å².